The maximum Gasteiger partial charge on any atom is 0.135 e. The molecule has 0 fully saturated rings. The summed E-state index contributed by atoms with van der Waals surface area (Å²) in [6.07, 6.45) is 0. The molecular formula is C60H41NO. The van der Waals surface area contributed by atoms with Crippen LogP contribution < -0.4 is 4.90 Å². The largest absolute Gasteiger partial charge is 0.456 e. The molecule has 0 bridgehead atoms. The van der Waals surface area contributed by atoms with E-state index in [4.69, 9.17) is 4.42 Å². The predicted molar refractivity (Wildman–Crippen MR) is 261 cm³/mol. The molecule has 0 atom stereocenters. The molecule has 0 aliphatic heterocycles. The third-order valence-electron chi connectivity index (χ3n) is 11.8. The van der Waals surface area contributed by atoms with Crippen LogP contribution >= 0.6 is 0 Å². The van der Waals surface area contributed by atoms with Gasteiger partial charge in [0.1, 0.15) is 11.3 Å². The minimum Gasteiger partial charge on any atom is -0.456 e. The van der Waals surface area contributed by atoms with Gasteiger partial charge in [-0.05, 0) is 145 Å². The summed E-state index contributed by atoms with van der Waals surface area (Å²) in [5, 5.41) is 3.59. The number of benzene rings is 10. The number of rotatable bonds is 9. The topological polar surface area (TPSA) is 16.4 Å². The fourth-order valence-corrected chi connectivity index (χ4v) is 8.59. The van der Waals surface area contributed by atoms with Crippen molar-refractivity contribution in [2.45, 2.75) is 0 Å². The van der Waals surface area contributed by atoms with E-state index in [0.29, 0.717) is 0 Å². The average molecular weight is 792 g/mol. The Morgan fingerprint density at radius 1 is 0.226 bits per heavy atom. The molecule has 11 aromatic rings. The lowest BCUT2D eigenvalue weighted by Crippen LogP contribution is -2.09. The Hall–Kier alpha value is -8.20. The zero-order valence-electron chi connectivity index (χ0n) is 34.0. The number of hydrogen-bond donors (Lipinski definition) is 0. The summed E-state index contributed by atoms with van der Waals surface area (Å²) in [7, 11) is 0. The quantitative estimate of drug-likeness (QED) is 0.145. The Balaban J connectivity index is 0.961. The van der Waals surface area contributed by atoms with Crippen LogP contribution in [0.3, 0.4) is 0 Å². The first kappa shape index (κ1) is 36.8. The molecule has 1 aromatic heterocycles. The first-order valence-electron chi connectivity index (χ1n) is 21.1. The van der Waals surface area contributed by atoms with Crippen LogP contribution in [0.5, 0.6) is 0 Å². The molecule has 0 aliphatic rings. The summed E-state index contributed by atoms with van der Waals surface area (Å²) in [5.74, 6) is 0.870. The average Bonchev–Trinajstić information content (AvgIpc) is 3.80. The maximum absolute atomic E-state index is 6.23. The van der Waals surface area contributed by atoms with Crippen LogP contribution in [-0.2, 0) is 0 Å². The third-order valence-corrected chi connectivity index (χ3v) is 11.8. The Morgan fingerprint density at radius 3 is 1.16 bits per heavy atom. The van der Waals surface area contributed by atoms with E-state index in [-0.39, 0.29) is 0 Å². The van der Waals surface area contributed by atoms with Crippen molar-refractivity contribution in [3.05, 3.63) is 249 Å². The minimum atomic E-state index is 0.870. The Bertz CT molecular complexity index is 3220. The van der Waals surface area contributed by atoms with Gasteiger partial charge in [-0.15, -0.1) is 0 Å². The highest BCUT2D eigenvalue weighted by Crippen LogP contribution is 2.40. The van der Waals surface area contributed by atoms with Gasteiger partial charge in [0.25, 0.3) is 0 Å². The van der Waals surface area contributed by atoms with Crippen LogP contribution in [0, 0.1) is 0 Å². The van der Waals surface area contributed by atoms with Crippen molar-refractivity contribution in [3.8, 4) is 67.0 Å². The highest BCUT2D eigenvalue weighted by Gasteiger charge is 2.16. The summed E-state index contributed by atoms with van der Waals surface area (Å²) in [6.45, 7) is 0. The van der Waals surface area contributed by atoms with Gasteiger partial charge in [0, 0.05) is 28.0 Å². The molecule has 0 spiro atoms. The monoisotopic (exact) mass is 791 g/mol. The smallest absolute Gasteiger partial charge is 0.135 e. The van der Waals surface area contributed by atoms with E-state index in [1.165, 1.54) is 49.7 Å². The van der Waals surface area contributed by atoms with Crippen molar-refractivity contribution in [2.24, 2.45) is 0 Å². The van der Waals surface area contributed by atoms with Gasteiger partial charge in [0.15, 0.2) is 0 Å². The Kier molecular flexibility index (Phi) is 9.57. The molecule has 0 aliphatic carbocycles. The van der Waals surface area contributed by atoms with Crippen molar-refractivity contribution in [1.82, 2.24) is 0 Å². The normalized spacial score (nSPS) is 11.2. The van der Waals surface area contributed by atoms with Crippen molar-refractivity contribution in [2.75, 3.05) is 4.90 Å². The van der Waals surface area contributed by atoms with Crippen molar-refractivity contribution in [1.29, 1.82) is 0 Å². The summed E-state index contributed by atoms with van der Waals surface area (Å²) in [6, 6.07) is 89.1. The lowest BCUT2D eigenvalue weighted by Gasteiger charge is -2.26. The summed E-state index contributed by atoms with van der Waals surface area (Å²) in [4.78, 5) is 2.35. The predicted octanol–water partition coefficient (Wildman–Crippen LogP) is 17.1. The fourth-order valence-electron chi connectivity index (χ4n) is 8.59. The zero-order chi connectivity index (χ0) is 41.2. The van der Waals surface area contributed by atoms with Gasteiger partial charge in [-0.3, -0.25) is 0 Å². The van der Waals surface area contributed by atoms with E-state index in [0.717, 1.165) is 56.0 Å². The van der Waals surface area contributed by atoms with E-state index in [9.17, 15) is 0 Å². The number of nitrogens with zero attached hydrogens (tertiary/aromatic N) is 1. The van der Waals surface area contributed by atoms with Crippen LogP contribution in [0.1, 0.15) is 0 Å². The van der Waals surface area contributed by atoms with Gasteiger partial charge in [-0.1, -0.05) is 170 Å². The SMILES string of the molecule is c1ccc(-c2cc(-c3ccccc3)cc(-c3ccc(N(c4ccc(-c5cccc(-c6cc7ccccc7o6)c5)cc4)c4ccc(-c5ccc6ccccc6c5)cc4)cc3)c2)cc1. The summed E-state index contributed by atoms with van der Waals surface area (Å²) in [5.41, 5.74) is 17.0. The second-order valence-corrected chi connectivity index (χ2v) is 15.8. The lowest BCUT2D eigenvalue weighted by atomic mass is 9.93. The molecule has 0 N–H and O–H groups in total. The van der Waals surface area contributed by atoms with Crippen molar-refractivity contribution >= 4 is 38.8 Å². The molecule has 2 heteroatoms. The number of anilines is 3. The first-order chi connectivity index (χ1) is 30.7. The van der Waals surface area contributed by atoms with Crippen LogP contribution in [0.15, 0.2) is 253 Å². The third kappa shape index (κ3) is 7.36. The van der Waals surface area contributed by atoms with Crippen LogP contribution in [0.25, 0.3) is 88.7 Å². The van der Waals surface area contributed by atoms with Gasteiger partial charge < -0.3 is 9.32 Å². The lowest BCUT2D eigenvalue weighted by molar-refractivity contribution is 0.631. The van der Waals surface area contributed by atoms with Crippen molar-refractivity contribution < 1.29 is 4.42 Å². The van der Waals surface area contributed by atoms with Crippen molar-refractivity contribution in [3.63, 3.8) is 0 Å². The molecule has 0 saturated carbocycles. The molecule has 2 nitrogen and oxygen atoms in total. The van der Waals surface area contributed by atoms with Gasteiger partial charge in [0.05, 0.1) is 0 Å². The highest BCUT2D eigenvalue weighted by molar-refractivity contribution is 5.89. The number of furan rings is 1. The zero-order valence-corrected chi connectivity index (χ0v) is 34.0. The highest BCUT2D eigenvalue weighted by atomic mass is 16.3. The van der Waals surface area contributed by atoms with Crippen LogP contribution in [0.4, 0.5) is 17.1 Å². The van der Waals surface area contributed by atoms with Gasteiger partial charge in [-0.25, -0.2) is 0 Å². The molecule has 0 unspecified atom stereocenters. The van der Waals surface area contributed by atoms with Crippen LogP contribution in [-0.4, -0.2) is 0 Å². The Labute approximate surface area is 362 Å². The second-order valence-electron chi connectivity index (χ2n) is 15.8. The van der Waals surface area contributed by atoms with E-state index in [1.54, 1.807) is 0 Å². The first-order valence-corrected chi connectivity index (χ1v) is 21.1. The van der Waals surface area contributed by atoms with Gasteiger partial charge in [0.2, 0.25) is 0 Å². The molecule has 10 aromatic carbocycles. The van der Waals surface area contributed by atoms with E-state index < -0.39 is 0 Å². The molecule has 11 rings (SSSR count). The second kappa shape index (κ2) is 16.1. The number of fused-ring (bicyclic) bond motifs is 2. The van der Waals surface area contributed by atoms with E-state index in [1.807, 2.05) is 18.2 Å². The standard InChI is InChI=1S/C60H41NO/c1-3-12-42(13-4-1)53-38-54(43-14-5-2-6-15-43)40-55(39-53)47-28-34-58(35-29-47)61(57-32-26-46(27-33-57)50-23-22-44-16-7-8-17-48(44)36-50)56-30-24-45(25-31-56)49-19-11-20-51(37-49)60-41-52-18-9-10-21-59(52)62-60/h1-41H. The number of para-hydroxylation sites is 1. The molecule has 0 radical (unpaired) electrons. The minimum absolute atomic E-state index is 0.870. The van der Waals surface area contributed by atoms with Gasteiger partial charge >= 0.3 is 0 Å². The summed E-state index contributed by atoms with van der Waals surface area (Å²) >= 11 is 0. The van der Waals surface area contributed by atoms with Crippen LogP contribution in [0.2, 0.25) is 0 Å². The number of hydrogen-bond acceptors (Lipinski definition) is 2. The molecule has 0 amide bonds. The Morgan fingerprint density at radius 2 is 0.613 bits per heavy atom. The van der Waals surface area contributed by atoms with E-state index >= 15 is 0 Å². The molecule has 292 valence electrons. The molecule has 0 saturated heterocycles. The maximum atomic E-state index is 6.23. The van der Waals surface area contributed by atoms with E-state index in [2.05, 4.69) is 235 Å². The molecular weight excluding hydrogens is 751 g/mol. The molecule has 62 heavy (non-hydrogen) atoms. The van der Waals surface area contributed by atoms with Gasteiger partial charge in [-0.2, -0.15) is 0 Å². The molecule has 1 heterocycles. The fraction of sp³-hybridized carbons (Fsp3) is 0. The summed E-state index contributed by atoms with van der Waals surface area (Å²) < 4.78 is 6.23.